The summed E-state index contributed by atoms with van der Waals surface area (Å²) in [6.07, 6.45) is 6.47. The minimum absolute atomic E-state index is 0.00225. The average Bonchev–Trinajstić information content (AvgIpc) is 2.23. The number of carbonyl (C=O) groups is 1. The molecule has 17 heavy (non-hydrogen) atoms. The zero-order chi connectivity index (χ0) is 13.3. The summed E-state index contributed by atoms with van der Waals surface area (Å²) in [5.74, 6) is 0.180. The first-order valence-corrected chi connectivity index (χ1v) is 6.93. The summed E-state index contributed by atoms with van der Waals surface area (Å²) < 4.78 is 5.33. The van der Waals surface area contributed by atoms with Crippen LogP contribution in [0, 0.1) is 5.92 Å². The lowest BCUT2D eigenvalue weighted by molar-refractivity contribution is -0.150. The molecule has 3 nitrogen and oxygen atoms in total. The van der Waals surface area contributed by atoms with Gasteiger partial charge in [-0.05, 0) is 32.1 Å². The molecule has 0 spiro atoms. The molecule has 0 heterocycles. The first-order valence-electron chi connectivity index (χ1n) is 6.93. The molecule has 0 aromatic carbocycles. The number of carbonyl (C=O) groups excluding carboxylic acids is 1. The van der Waals surface area contributed by atoms with Crippen molar-refractivity contribution in [2.75, 3.05) is 0 Å². The number of rotatable bonds is 9. The van der Waals surface area contributed by atoms with E-state index in [9.17, 15) is 4.79 Å². The molecule has 0 bridgehead atoms. The second kappa shape index (κ2) is 9.46. The van der Waals surface area contributed by atoms with Gasteiger partial charge in [0.25, 0.3) is 0 Å². The van der Waals surface area contributed by atoms with E-state index in [1.54, 1.807) is 0 Å². The minimum Gasteiger partial charge on any atom is -0.462 e. The van der Waals surface area contributed by atoms with E-state index >= 15 is 0 Å². The minimum atomic E-state index is -0.465. The smallest absolute Gasteiger partial charge is 0.323 e. The Morgan fingerprint density at radius 2 is 1.82 bits per heavy atom. The van der Waals surface area contributed by atoms with E-state index in [0.29, 0.717) is 12.3 Å². The van der Waals surface area contributed by atoms with Crippen molar-refractivity contribution >= 4 is 5.97 Å². The molecule has 102 valence electrons. The Kier molecular flexibility index (Phi) is 9.14. The summed E-state index contributed by atoms with van der Waals surface area (Å²) in [6.45, 7) is 8.25. The number of unbranched alkanes of at least 4 members (excludes halogenated alkanes) is 3. The molecule has 0 aromatic heterocycles. The van der Waals surface area contributed by atoms with Crippen LogP contribution < -0.4 is 5.73 Å². The summed E-state index contributed by atoms with van der Waals surface area (Å²) in [4.78, 5) is 11.6. The van der Waals surface area contributed by atoms with Gasteiger partial charge >= 0.3 is 5.97 Å². The van der Waals surface area contributed by atoms with Gasteiger partial charge in [-0.15, -0.1) is 0 Å². The zero-order valence-electron chi connectivity index (χ0n) is 11.9. The van der Waals surface area contributed by atoms with Gasteiger partial charge in [-0.2, -0.15) is 0 Å². The van der Waals surface area contributed by atoms with Crippen molar-refractivity contribution in [1.82, 2.24) is 0 Å². The van der Waals surface area contributed by atoms with Crippen LogP contribution in [0.4, 0.5) is 0 Å². The Labute approximate surface area is 106 Å². The topological polar surface area (TPSA) is 52.3 Å². The van der Waals surface area contributed by atoms with Crippen LogP contribution in [0.2, 0.25) is 0 Å². The Bertz CT molecular complexity index is 204. The van der Waals surface area contributed by atoms with Gasteiger partial charge in [0.15, 0.2) is 0 Å². The SMILES string of the molecule is CCCCCC[C@@H](C)OC(=O)[C@@H](N)CC(C)C. The van der Waals surface area contributed by atoms with Crippen molar-refractivity contribution in [3.05, 3.63) is 0 Å². The fourth-order valence-electron chi connectivity index (χ4n) is 1.81. The highest BCUT2D eigenvalue weighted by Crippen LogP contribution is 2.10. The molecule has 0 radical (unpaired) electrons. The average molecular weight is 243 g/mol. The van der Waals surface area contributed by atoms with Gasteiger partial charge < -0.3 is 10.5 Å². The van der Waals surface area contributed by atoms with Crippen LogP contribution in [0.25, 0.3) is 0 Å². The summed E-state index contributed by atoms with van der Waals surface area (Å²) in [5.41, 5.74) is 5.77. The number of esters is 1. The molecule has 0 aliphatic rings. The largest absolute Gasteiger partial charge is 0.462 e. The summed E-state index contributed by atoms with van der Waals surface area (Å²) in [5, 5.41) is 0. The first kappa shape index (κ1) is 16.4. The molecular formula is C14H29NO2. The molecule has 0 rings (SSSR count). The molecule has 2 N–H and O–H groups in total. The lowest BCUT2D eigenvalue weighted by Crippen LogP contribution is -2.35. The first-order chi connectivity index (χ1) is 7.97. The van der Waals surface area contributed by atoms with Crippen LogP contribution >= 0.6 is 0 Å². The third-order valence-corrected chi connectivity index (χ3v) is 2.81. The molecule has 0 fully saturated rings. The quantitative estimate of drug-likeness (QED) is 0.499. The van der Waals surface area contributed by atoms with Gasteiger partial charge in [0, 0.05) is 0 Å². The van der Waals surface area contributed by atoms with E-state index in [2.05, 4.69) is 20.8 Å². The van der Waals surface area contributed by atoms with E-state index in [0.717, 1.165) is 12.8 Å². The standard InChI is InChI=1S/C14H29NO2/c1-5-6-7-8-9-12(4)17-14(16)13(15)10-11(2)3/h11-13H,5-10,15H2,1-4H3/t12-,13+/m1/s1. The van der Waals surface area contributed by atoms with Crippen molar-refractivity contribution < 1.29 is 9.53 Å². The van der Waals surface area contributed by atoms with E-state index < -0.39 is 6.04 Å². The maximum absolute atomic E-state index is 11.6. The fourth-order valence-corrected chi connectivity index (χ4v) is 1.81. The van der Waals surface area contributed by atoms with Gasteiger partial charge in [-0.1, -0.05) is 40.0 Å². The Hall–Kier alpha value is -0.570. The molecule has 0 saturated carbocycles. The Morgan fingerprint density at radius 3 is 2.35 bits per heavy atom. The van der Waals surface area contributed by atoms with Gasteiger partial charge in [0.05, 0.1) is 6.10 Å². The summed E-state index contributed by atoms with van der Waals surface area (Å²) in [7, 11) is 0. The van der Waals surface area contributed by atoms with Gasteiger partial charge in [-0.25, -0.2) is 0 Å². The predicted octanol–water partition coefficient (Wildman–Crippen LogP) is 3.26. The Balaban J connectivity index is 3.71. The Morgan fingerprint density at radius 1 is 1.18 bits per heavy atom. The lowest BCUT2D eigenvalue weighted by atomic mass is 10.0. The van der Waals surface area contributed by atoms with E-state index in [1.165, 1.54) is 19.3 Å². The summed E-state index contributed by atoms with van der Waals surface area (Å²) >= 11 is 0. The second-order valence-corrected chi connectivity index (χ2v) is 5.33. The third kappa shape index (κ3) is 9.16. The normalized spacial score (nSPS) is 14.7. The molecule has 0 aliphatic heterocycles. The van der Waals surface area contributed by atoms with Crippen LogP contribution in [-0.2, 0) is 9.53 Å². The fraction of sp³-hybridized carbons (Fsp3) is 0.929. The third-order valence-electron chi connectivity index (χ3n) is 2.81. The molecule has 0 saturated heterocycles. The summed E-state index contributed by atoms with van der Waals surface area (Å²) in [6, 6.07) is -0.465. The van der Waals surface area contributed by atoms with Gasteiger partial charge in [0.2, 0.25) is 0 Å². The van der Waals surface area contributed by atoms with Crippen molar-refractivity contribution in [1.29, 1.82) is 0 Å². The number of nitrogens with two attached hydrogens (primary N) is 1. The van der Waals surface area contributed by atoms with Crippen molar-refractivity contribution in [2.24, 2.45) is 11.7 Å². The van der Waals surface area contributed by atoms with E-state index in [-0.39, 0.29) is 12.1 Å². The lowest BCUT2D eigenvalue weighted by Gasteiger charge is -2.17. The van der Waals surface area contributed by atoms with Crippen molar-refractivity contribution in [3.8, 4) is 0 Å². The maximum Gasteiger partial charge on any atom is 0.323 e. The maximum atomic E-state index is 11.6. The highest BCUT2D eigenvalue weighted by molar-refractivity contribution is 5.75. The van der Waals surface area contributed by atoms with Gasteiger partial charge in [0.1, 0.15) is 6.04 Å². The van der Waals surface area contributed by atoms with Crippen LogP contribution in [0.1, 0.15) is 66.2 Å². The second-order valence-electron chi connectivity index (χ2n) is 5.33. The highest BCUT2D eigenvalue weighted by Gasteiger charge is 2.18. The van der Waals surface area contributed by atoms with Crippen molar-refractivity contribution in [3.63, 3.8) is 0 Å². The van der Waals surface area contributed by atoms with E-state index in [4.69, 9.17) is 10.5 Å². The highest BCUT2D eigenvalue weighted by atomic mass is 16.5. The molecule has 0 aromatic rings. The van der Waals surface area contributed by atoms with Crippen molar-refractivity contribution in [2.45, 2.75) is 78.4 Å². The predicted molar refractivity (Wildman–Crippen MR) is 71.7 cm³/mol. The van der Waals surface area contributed by atoms with Crippen LogP contribution in [0.3, 0.4) is 0 Å². The molecule has 0 amide bonds. The van der Waals surface area contributed by atoms with Crippen LogP contribution in [0.15, 0.2) is 0 Å². The van der Waals surface area contributed by atoms with Crippen LogP contribution in [0.5, 0.6) is 0 Å². The molecule has 0 aliphatic carbocycles. The molecule has 0 unspecified atom stereocenters. The molecule has 2 atom stereocenters. The number of hydrogen-bond acceptors (Lipinski definition) is 3. The van der Waals surface area contributed by atoms with Gasteiger partial charge in [-0.3, -0.25) is 4.79 Å². The number of ether oxygens (including phenoxy) is 1. The number of hydrogen-bond donors (Lipinski definition) is 1. The molecular weight excluding hydrogens is 214 g/mol. The van der Waals surface area contributed by atoms with Crippen LogP contribution in [-0.4, -0.2) is 18.1 Å². The monoisotopic (exact) mass is 243 g/mol. The van der Waals surface area contributed by atoms with E-state index in [1.807, 2.05) is 6.92 Å². The zero-order valence-corrected chi connectivity index (χ0v) is 11.9. The molecule has 3 heteroatoms.